The Kier molecular flexibility index (Phi) is 6.74. The van der Waals surface area contributed by atoms with Crippen LogP contribution in [-0.4, -0.2) is 33.2 Å². The van der Waals surface area contributed by atoms with Crippen molar-refractivity contribution in [2.45, 2.75) is 19.9 Å². The minimum Gasteiger partial charge on any atom is -0.497 e. The Labute approximate surface area is 114 Å². The van der Waals surface area contributed by atoms with Crippen LogP contribution in [0.15, 0.2) is 18.2 Å². The van der Waals surface area contributed by atoms with Crippen LogP contribution in [0.4, 0.5) is 0 Å². The number of hydrogen-bond donors (Lipinski definition) is 2. The first-order valence-corrected chi connectivity index (χ1v) is 6.42. The van der Waals surface area contributed by atoms with Gasteiger partial charge in [-0.05, 0) is 20.0 Å². The predicted octanol–water partition coefficient (Wildman–Crippen LogP) is 1.32. The van der Waals surface area contributed by atoms with E-state index in [4.69, 9.17) is 9.47 Å². The molecule has 0 saturated heterocycles. The van der Waals surface area contributed by atoms with Crippen LogP contribution in [0.2, 0.25) is 0 Å². The van der Waals surface area contributed by atoms with E-state index in [1.807, 2.05) is 32.2 Å². The average Bonchev–Trinajstić information content (AvgIpc) is 2.41. The van der Waals surface area contributed by atoms with E-state index in [9.17, 15) is 4.79 Å². The van der Waals surface area contributed by atoms with Crippen molar-refractivity contribution in [2.75, 3.05) is 27.3 Å². The molecule has 0 heterocycles. The standard InChI is InChI=1S/C14H22N2O3/c1-4-16-14(17)7-8-19-13-9-12(18-3)6-5-11(13)10-15-2/h5-6,9,15H,4,7-8,10H2,1-3H3,(H,16,17). The fourth-order valence-corrected chi connectivity index (χ4v) is 1.67. The summed E-state index contributed by atoms with van der Waals surface area (Å²) in [5.41, 5.74) is 1.04. The summed E-state index contributed by atoms with van der Waals surface area (Å²) in [6.07, 6.45) is 0.351. The molecule has 0 aliphatic rings. The number of benzene rings is 1. The van der Waals surface area contributed by atoms with Gasteiger partial charge in [-0.25, -0.2) is 0 Å². The molecular formula is C14H22N2O3. The summed E-state index contributed by atoms with van der Waals surface area (Å²) in [6.45, 7) is 3.60. The predicted molar refractivity (Wildman–Crippen MR) is 74.6 cm³/mol. The van der Waals surface area contributed by atoms with Crippen molar-refractivity contribution in [1.82, 2.24) is 10.6 Å². The number of carbonyl (C=O) groups excluding carboxylic acids is 1. The van der Waals surface area contributed by atoms with Crippen LogP contribution in [0, 0.1) is 0 Å². The van der Waals surface area contributed by atoms with Gasteiger partial charge >= 0.3 is 0 Å². The van der Waals surface area contributed by atoms with Gasteiger partial charge in [0.25, 0.3) is 0 Å². The van der Waals surface area contributed by atoms with E-state index < -0.39 is 0 Å². The Morgan fingerprint density at radius 2 is 2.16 bits per heavy atom. The number of amides is 1. The Bertz CT molecular complexity index is 408. The van der Waals surface area contributed by atoms with E-state index in [-0.39, 0.29) is 5.91 Å². The molecular weight excluding hydrogens is 244 g/mol. The fraction of sp³-hybridized carbons (Fsp3) is 0.500. The smallest absolute Gasteiger partial charge is 0.223 e. The molecule has 1 aromatic carbocycles. The van der Waals surface area contributed by atoms with Gasteiger partial charge in [-0.1, -0.05) is 6.07 Å². The maximum atomic E-state index is 11.3. The molecule has 0 aliphatic carbocycles. The third-order valence-corrected chi connectivity index (χ3v) is 2.60. The van der Waals surface area contributed by atoms with Gasteiger partial charge in [-0.15, -0.1) is 0 Å². The SMILES string of the molecule is CCNC(=O)CCOc1cc(OC)ccc1CNC. The number of methoxy groups -OCH3 is 1. The minimum atomic E-state index is 0.000521. The number of nitrogens with one attached hydrogen (secondary N) is 2. The van der Waals surface area contributed by atoms with E-state index in [0.717, 1.165) is 17.1 Å². The third-order valence-electron chi connectivity index (χ3n) is 2.60. The molecule has 0 spiro atoms. The molecule has 1 aromatic rings. The van der Waals surface area contributed by atoms with E-state index in [1.54, 1.807) is 7.11 Å². The minimum absolute atomic E-state index is 0.000521. The zero-order chi connectivity index (χ0) is 14.1. The first-order valence-electron chi connectivity index (χ1n) is 6.42. The third kappa shape index (κ3) is 5.18. The van der Waals surface area contributed by atoms with Gasteiger partial charge in [-0.2, -0.15) is 0 Å². The number of rotatable bonds is 8. The Hall–Kier alpha value is -1.75. The zero-order valence-corrected chi connectivity index (χ0v) is 11.8. The average molecular weight is 266 g/mol. The van der Waals surface area contributed by atoms with Crippen molar-refractivity contribution in [3.8, 4) is 11.5 Å². The van der Waals surface area contributed by atoms with Gasteiger partial charge in [0.05, 0.1) is 20.1 Å². The number of carbonyl (C=O) groups is 1. The second-order valence-electron chi connectivity index (χ2n) is 4.06. The molecule has 0 unspecified atom stereocenters. The Morgan fingerprint density at radius 3 is 2.79 bits per heavy atom. The summed E-state index contributed by atoms with van der Waals surface area (Å²) in [5, 5.41) is 5.82. The highest BCUT2D eigenvalue weighted by molar-refractivity contribution is 5.75. The van der Waals surface area contributed by atoms with E-state index in [1.165, 1.54) is 0 Å². The lowest BCUT2D eigenvalue weighted by molar-refractivity contribution is -0.121. The summed E-state index contributed by atoms with van der Waals surface area (Å²) in [4.78, 5) is 11.3. The molecule has 0 bridgehead atoms. The summed E-state index contributed by atoms with van der Waals surface area (Å²) in [7, 11) is 3.49. The second kappa shape index (κ2) is 8.37. The molecule has 106 valence electrons. The summed E-state index contributed by atoms with van der Waals surface area (Å²) < 4.78 is 10.8. The Morgan fingerprint density at radius 1 is 1.37 bits per heavy atom. The van der Waals surface area contributed by atoms with Crippen molar-refractivity contribution in [3.63, 3.8) is 0 Å². The van der Waals surface area contributed by atoms with Crippen LogP contribution in [-0.2, 0) is 11.3 Å². The Balaban J connectivity index is 2.61. The van der Waals surface area contributed by atoms with Gasteiger partial charge < -0.3 is 20.1 Å². The zero-order valence-electron chi connectivity index (χ0n) is 11.8. The van der Waals surface area contributed by atoms with Gasteiger partial charge in [0.15, 0.2) is 0 Å². The number of hydrogen-bond acceptors (Lipinski definition) is 4. The summed E-state index contributed by atoms with van der Waals surface area (Å²) in [6, 6.07) is 5.69. The van der Waals surface area contributed by atoms with Crippen molar-refractivity contribution in [1.29, 1.82) is 0 Å². The van der Waals surface area contributed by atoms with E-state index >= 15 is 0 Å². The van der Waals surface area contributed by atoms with Gasteiger partial charge in [0.1, 0.15) is 11.5 Å². The first kappa shape index (κ1) is 15.3. The van der Waals surface area contributed by atoms with E-state index in [2.05, 4.69) is 10.6 Å². The van der Waals surface area contributed by atoms with E-state index in [0.29, 0.717) is 26.1 Å². The maximum absolute atomic E-state index is 11.3. The van der Waals surface area contributed by atoms with Crippen LogP contribution in [0.1, 0.15) is 18.9 Å². The molecule has 1 amide bonds. The summed E-state index contributed by atoms with van der Waals surface area (Å²) >= 11 is 0. The molecule has 0 saturated carbocycles. The normalized spacial score (nSPS) is 10.1. The molecule has 0 atom stereocenters. The molecule has 2 N–H and O–H groups in total. The molecule has 5 heteroatoms. The molecule has 5 nitrogen and oxygen atoms in total. The monoisotopic (exact) mass is 266 g/mol. The quantitative estimate of drug-likeness (QED) is 0.745. The highest BCUT2D eigenvalue weighted by atomic mass is 16.5. The van der Waals surface area contributed by atoms with Crippen LogP contribution >= 0.6 is 0 Å². The largest absolute Gasteiger partial charge is 0.497 e. The van der Waals surface area contributed by atoms with Crippen molar-refractivity contribution < 1.29 is 14.3 Å². The van der Waals surface area contributed by atoms with Crippen molar-refractivity contribution in [2.24, 2.45) is 0 Å². The van der Waals surface area contributed by atoms with Crippen molar-refractivity contribution >= 4 is 5.91 Å². The molecule has 0 radical (unpaired) electrons. The molecule has 0 aliphatic heterocycles. The van der Waals surface area contributed by atoms with Gasteiger partial charge in [-0.3, -0.25) is 4.79 Å². The van der Waals surface area contributed by atoms with Crippen LogP contribution in [0.25, 0.3) is 0 Å². The highest BCUT2D eigenvalue weighted by Crippen LogP contribution is 2.24. The number of ether oxygens (including phenoxy) is 2. The molecule has 1 rings (SSSR count). The maximum Gasteiger partial charge on any atom is 0.223 e. The van der Waals surface area contributed by atoms with Crippen molar-refractivity contribution in [3.05, 3.63) is 23.8 Å². The lowest BCUT2D eigenvalue weighted by Gasteiger charge is -2.12. The van der Waals surface area contributed by atoms with Crippen LogP contribution in [0.3, 0.4) is 0 Å². The summed E-state index contributed by atoms with van der Waals surface area (Å²) in [5.74, 6) is 1.49. The van der Waals surface area contributed by atoms with Gasteiger partial charge in [0.2, 0.25) is 5.91 Å². The van der Waals surface area contributed by atoms with Gasteiger partial charge in [0, 0.05) is 24.7 Å². The molecule has 0 fully saturated rings. The highest BCUT2D eigenvalue weighted by Gasteiger charge is 2.06. The second-order valence-corrected chi connectivity index (χ2v) is 4.06. The van der Waals surface area contributed by atoms with Crippen LogP contribution < -0.4 is 20.1 Å². The first-order chi connectivity index (χ1) is 9.21. The topological polar surface area (TPSA) is 59.6 Å². The lowest BCUT2D eigenvalue weighted by Crippen LogP contribution is -2.24. The fourth-order valence-electron chi connectivity index (χ4n) is 1.67. The lowest BCUT2D eigenvalue weighted by atomic mass is 10.2. The molecule has 0 aromatic heterocycles. The van der Waals surface area contributed by atoms with Crippen LogP contribution in [0.5, 0.6) is 11.5 Å². The molecule has 19 heavy (non-hydrogen) atoms.